The van der Waals surface area contributed by atoms with Gasteiger partial charge in [-0.05, 0) is 25.1 Å². The minimum atomic E-state index is 0.0159. The summed E-state index contributed by atoms with van der Waals surface area (Å²) in [4.78, 5) is 0. The van der Waals surface area contributed by atoms with Crippen LogP contribution in [0.25, 0.3) is 0 Å². The Morgan fingerprint density at radius 1 is 1.50 bits per heavy atom. The van der Waals surface area contributed by atoms with Crippen LogP contribution in [-0.4, -0.2) is 24.6 Å². The molecule has 0 fully saturated rings. The van der Waals surface area contributed by atoms with E-state index in [9.17, 15) is 0 Å². The minimum Gasteiger partial charge on any atom is -0.304 e. The molecule has 0 spiro atoms. The molecular formula is C9H18N2S. The van der Waals surface area contributed by atoms with E-state index >= 15 is 0 Å². The van der Waals surface area contributed by atoms with Crippen LogP contribution < -0.4 is 5.32 Å². The Morgan fingerprint density at radius 3 is 2.58 bits per heavy atom. The molecule has 0 aromatic rings. The van der Waals surface area contributed by atoms with Crippen molar-refractivity contribution in [2.45, 2.75) is 26.3 Å². The molecule has 70 valence electrons. The van der Waals surface area contributed by atoms with Crippen molar-refractivity contribution >= 4 is 11.8 Å². The standard InChI is InChI=1S/C9H18N2S/c1-8(2)4-5-12-7-9(6-10)11-3/h8-9,11H,4-5,7H2,1-3H3. The molecule has 1 N–H and O–H groups in total. The molecule has 0 aromatic heterocycles. The maximum atomic E-state index is 8.61. The van der Waals surface area contributed by atoms with E-state index in [4.69, 9.17) is 5.26 Å². The second kappa shape index (κ2) is 7.45. The van der Waals surface area contributed by atoms with Gasteiger partial charge in [-0.2, -0.15) is 17.0 Å². The van der Waals surface area contributed by atoms with E-state index in [-0.39, 0.29) is 6.04 Å². The zero-order chi connectivity index (χ0) is 9.40. The summed E-state index contributed by atoms with van der Waals surface area (Å²) in [5.41, 5.74) is 0. The van der Waals surface area contributed by atoms with Crippen molar-refractivity contribution in [3.63, 3.8) is 0 Å². The Bertz CT molecular complexity index is 140. The van der Waals surface area contributed by atoms with Gasteiger partial charge < -0.3 is 5.32 Å². The van der Waals surface area contributed by atoms with Crippen LogP contribution in [0, 0.1) is 17.2 Å². The maximum Gasteiger partial charge on any atom is 0.104 e. The molecular weight excluding hydrogens is 168 g/mol. The highest BCUT2D eigenvalue weighted by molar-refractivity contribution is 7.99. The molecule has 0 saturated carbocycles. The molecule has 1 atom stereocenters. The summed E-state index contributed by atoms with van der Waals surface area (Å²) in [6.07, 6.45) is 1.24. The lowest BCUT2D eigenvalue weighted by atomic mass is 10.2. The molecule has 0 aliphatic heterocycles. The lowest BCUT2D eigenvalue weighted by Crippen LogP contribution is -2.25. The number of rotatable bonds is 6. The molecule has 0 heterocycles. The first-order valence-electron chi connectivity index (χ1n) is 4.35. The second-order valence-corrected chi connectivity index (χ2v) is 4.38. The number of nitriles is 1. The summed E-state index contributed by atoms with van der Waals surface area (Å²) in [5, 5.41) is 11.6. The lowest BCUT2D eigenvalue weighted by Gasteiger charge is -2.07. The van der Waals surface area contributed by atoms with E-state index in [0.29, 0.717) is 0 Å². The molecule has 0 rings (SSSR count). The van der Waals surface area contributed by atoms with Gasteiger partial charge in [0, 0.05) is 5.75 Å². The molecule has 12 heavy (non-hydrogen) atoms. The molecule has 0 saturated heterocycles. The van der Waals surface area contributed by atoms with Crippen LogP contribution in [0.5, 0.6) is 0 Å². The monoisotopic (exact) mass is 186 g/mol. The molecule has 0 radical (unpaired) electrons. The average molecular weight is 186 g/mol. The molecule has 1 unspecified atom stereocenters. The maximum absolute atomic E-state index is 8.61. The summed E-state index contributed by atoms with van der Waals surface area (Å²) >= 11 is 1.85. The first-order chi connectivity index (χ1) is 5.70. The SMILES string of the molecule is CNC(C#N)CSCCC(C)C. The van der Waals surface area contributed by atoms with E-state index in [1.54, 1.807) is 0 Å². The van der Waals surface area contributed by atoms with Gasteiger partial charge in [-0.3, -0.25) is 0 Å². The van der Waals surface area contributed by atoms with Gasteiger partial charge in [0.1, 0.15) is 6.04 Å². The van der Waals surface area contributed by atoms with Gasteiger partial charge in [-0.1, -0.05) is 13.8 Å². The highest BCUT2D eigenvalue weighted by Crippen LogP contribution is 2.09. The van der Waals surface area contributed by atoms with Crippen LogP contribution in [0.2, 0.25) is 0 Å². The first-order valence-corrected chi connectivity index (χ1v) is 5.50. The predicted octanol–water partition coefficient (Wildman–Crippen LogP) is 1.88. The van der Waals surface area contributed by atoms with Gasteiger partial charge in [0.25, 0.3) is 0 Å². The number of hydrogen-bond donors (Lipinski definition) is 1. The molecule has 0 aromatic carbocycles. The Morgan fingerprint density at radius 2 is 2.17 bits per heavy atom. The van der Waals surface area contributed by atoms with Crippen molar-refractivity contribution < 1.29 is 0 Å². The zero-order valence-electron chi connectivity index (χ0n) is 8.13. The molecule has 0 aliphatic rings. The summed E-state index contributed by atoms with van der Waals surface area (Å²) in [5.74, 6) is 2.84. The molecule has 0 bridgehead atoms. The quantitative estimate of drug-likeness (QED) is 0.643. The zero-order valence-corrected chi connectivity index (χ0v) is 8.95. The average Bonchev–Trinajstić information content (AvgIpc) is 2.04. The van der Waals surface area contributed by atoms with Crippen molar-refractivity contribution in [2.75, 3.05) is 18.6 Å². The highest BCUT2D eigenvalue weighted by atomic mass is 32.2. The third-order valence-electron chi connectivity index (χ3n) is 1.63. The highest BCUT2D eigenvalue weighted by Gasteiger charge is 2.03. The fourth-order valence-electron chi connectivity index (χ4n) is 0.705. The van der Waals surface area contributed by atoms with Crippen LogP contribution in [0.15, 0.2) is 0 Å². The third-order valence-corrected chi connectivity index (χ3v) is 2.72. The fraction of sp³-hybridized carbons (Fsp3) is 0.889. The van der Waals surface area contributed by atoms with E-state index in [1.165, 1.54) is 6.42 Å². The predicted molar refractivity (Wildman–Crippen MR) is 55.2 cm³/mol. The Balaban J connectivity index is 3.25. The second-order valence-electron chi connectivity index (χ2n) is 3.23. The summed E-state index contributed by atoms with van der Waals surface area (Å²) in [6.45, 7) is 4.45. The lowest BCUT2D eigenvalue weighted by molar-refractivity contribution is 0.631. The van der Waals surface area contributed by atoms with Gasteiger partial charge in [-0.25, -0.2) is 0 Å². The Hall–Kier alpha value is -0.200. The van der Waals surface area contributed by atoms with E-state index in [2.05, 4.69) is 25.2 Å². The summed E-state index contributed by atoms with van der Waals surface area (Å²) < 4.78 is 0. The molecule has 0 aliphatic carbocycles. The summed E-state index contributed by atoms with van der Waals surface area (Å²) in [6, 6.07) is 2.22. The third kappa shape index (κ3) is 6.51. The van der Waals surface area contributed by atoms with Crippen LogP contribution in [0.4, 0.5) is 0 Å². The Labute approximate surface area is 79.7 Å². The molecule has 3 heteroatoms. The van der Waals surface area contributed by atoms with E-state index in [0.717, 1.165) is 17.4 Å². The largest absolute Gasteiger partial charge is 0.304 e. The molecule has 2 nitrogen and oxygen atoms in total. The van der Waals surface area contributed by atoms with Crippen molar-refractivity contribution in [3.8, 4) is 6.07 Å². The van der Waals surface area contributed by atoms with Crippen LogP contribution in [-0.2, 0) is 0 Å². The topological polar surface area (TPSA) is 35.8 Å². The fourth-order valence-corrected chi connectivity index (χ4v) is 1.99. The normalized spacial score (nSPS) is 12.9. The van der Waals surface area contributed by atoms with Crippen molar-refractivity contribution in [1.29, 1.82) is 5.26 Å². The Kier molecular flexibility index (Phi) is 7.33. The first kappa shape index (κ1) is 11.8. The number of nitrogens with one attached hydrogen (secondary N) is 1. The van der Waals surface area contributed by atoms with Gasteiger partial charge in [0.2, 0.25) is 0 Å². The van der Waals surface area contributed by atoms with E-state index < -0.39 is 0 Å². The van der Waals surface area contributed by atoms with Crippen molar-refractivity contribution in [2.24, 2.45) is 5.92 Å². The minimum absolute atomic E-state index is 0.0159. The van der Waals surface area contributed by atoms with Crippen molar-refractivity contribution in [3.05, 3.63) is 0 Å². The van der Waals surface area contributed by atoms with Crippen LogP contribution >= 0.6 is 11.8 Å². The number of nitrogens with zero attached hydrogens (tertiary/aromatic N) is 1. The van der Waals surface area contributed by atoms with Crippen molar-refractivity contribution in [1.82, 2.24) is 5.32 Å². The van der Waals surface area contributed by atoms with Crippen LogP contribution in [0.1, 0.15) is 20.3 Å². The number of thioether (sulfide) groups is 1. The number of hydrogen-bond acceptors (Lipinski definition) is 3. The van der Waals surface area contributed by atoms with Gasteiger partial charge >= 0.3 is 0 Å². The van der Waals surface area contributed by atoms with Crippen LogP contribution in [0.3, 0.4) is 0 Å². The summed E-state index contributed by atoms with van der Waals surface area (Å²) in [7, 11) is 1.83. The van der Waals surface area contributed by atoms with Gasteiger partial charge in [0.05, 0.1) is 6.07 Å². The molecule has 0 amide bonds. The smallest absolute Gasteiger partial charge is 0.104 e. The van der Waals surface area contributed by atoms with Gasteiger partial charge in [0.15, 0.2) is 0 Å². The van der Waals surface area contributed by atoms with Gasteiger partial charge in [-0.15, -0.1) is 0 Å². The van der Waals surface area contributed by atoms with E-state index in [1.807, 2.05) is 18.8 Å².